The Balaban J connectivity index is 2.23. The molecule has 0 radical (unpaired) electrons. The molecule has 0 saturated heterocycles. The molecule has 2 rings (SSSR count). The molecule has 1 aromatic heterocycles. The fourth-order valence-corrected chi connectivity index (χ4v) is 3.70. The molecule has 0 fully saturated rings. The van der Waals surface area contributed by atoms with Crippen molar-refractivity contribution in [2.45, 2.75) is 12.5 Å². The standard InChI is InChI=1S/C13H14Br2N2OS/c1-18-9-2-3-10(14)8(6-9)7-11(17-16)12-4-5-13(15)19-12/h2-6,11,17H,7,16H2,1H3. The van der Waals surface area contributed by atoms with Crippen LogP contribution in [0.1, 0.15) is 16.5 Å². The van der Waals surface area contributed by atoms with Crippen molar-refractivity contribution in [2.75, 3.05) is 7.11 Å². The number of benzene rings is 1. The number of hydrazine groups is 1. The summed E-state index contributed by atoms with van der Waals surface area (Å²) in [4.78, 5) is 1.20. The molecule has 102 valence electrons. The summed E-state index contributed by atoms with van der Waals surface area (Å²) >= 11 is 8.72. The smallest absolute Gasteiger partial charge is 0.119 e. The van der Waals surface area contributed by atoms with Gasteiger partial charge in [-0.15, -0.1) is 11.3 Å². The average Bonchev–Trinajstić information content (AvgIpc) is 2.84. The largest absolute Gasteiger partial charge is 0.497 e. The van der Waals surface area contributed by atoms with E-state index in [1.165, 1.54) is 4.88 Å². The molecule has 1 atom stereocenters. The van der Waals surface area contributed by atoms with Crippen LogP contribution in [0.15, 0.2) is 38.6 Å². The molecular weight excluding hydrogens is 392 g/mol. The van der Waals surface area contributed by atoms with E-state index in [1.54, 1.807) is 18.4 Å². The van der Waals surface area contributed by atoms with Crippen LogP contribution in [-0.4, -0.2) is 7.11 Å². The number of thiophene rings is 1. The monoisotopic (exact) mass is 404 g/mol. The van der Waals surface area contributed by atoms with Gasteiger partial charge in [-0.25, -0.2) is 0 Å². The summed E-state index contributed by atoms with van der Waals surface area (Å²) in [7, 11) is 1.67. The van der Waals surface area contributed by atoms with Gasteiger partial charge in [0.25, 0.3) is 0 Å². The zero-order valence-corrected chi connectivity index (χ0v) is 14.3. The molecule has 19 heavy (non-hydrogen) atoms. The minimum atomic E-state index is 0.0831. The van der Waals surface area contributed by atoms with E-state index in [-0.39, 0.29) is 6.04 Å². The Morgan fingerprint density at radius 3 is 2.68 bits per heavy atom. The maximum absolute atomic E-state index is 5.68. The van der Waals surface area contributed by atoms with Crippen LogP contribution in [0, 0.1) is 0 Å². The number of nitrogens with two attached hydrogens (primary N) is 1. The zero-order valence-electron chi connectivity index (χ0n) is 10.3. The van der Waals surface area contributed by atoms with Gasteiger partial charge in [-0.3, -0.25) is 11.3 Å². The number of ether oxygens (including phenoxy) is 1. The molecule has 1 heterocycles. The summed E-state index contributed by atoms with van der Waals surface area (Å²) < 4.78 is 7.42. The fraction of sp³-hybridized carbons (Fsp3) is 0.231. The molecule has 1 unspecified atom stereocenters. The first-order valence-electron chi connectivity index (χ1n) is 5.68. The van der Waals surface area contributed by atoms with Crippen molar-refractivity contribution in [3.05, 3.63) is 49.0 Å². The number of nitrogens with one attached hydrogen (secondary N) is 1. The van der Waals surface area contributed by atoms with Crippen LogP contribution in [0.4, 0.5) is 0 Å². The Kier molecular flexibility index (Phi) is 5.41. The van der Waals surface area contributed by atoms with Crippen LogP contribution in [-0.2, 0) is 6.42 Å². The lowest BCUT2D eigenvalue weighted by Crippen LogP contribution is -2.29. The minimum Gasteiger partial charge on any atom is -0.497 e. The topological polar surface area (TPSA) is 47.3 Å². The van der Waals surface area contributed by atoms with E-state index in [0.29, 0.717) is 0 Å². The first kappa shape index (κ1) is 15.0. The predicted octanol–water partition coefficient (Wildman–Crippen LogP) is 4.03. The molecule has 0 aliphatic carbocycles. The first-order valence-corrected chi connectivity index (χ1v) is 8.08. The van der Waals surface area contributed by atoms with Gasteiger partial charge in [-0.2, -0.15) is 0 Å². The maximum atomic E-state index is 5.68. The average molecular weight is 406 g/mol. The Morgan fingerprint density at radius 1 is 1.32 bits per heavy atom. The first-order chi connectivity index (χ1) is 9.13. The van der Waals surface area contributed by atoms with Crippen molar-refractivity contribution >= 4 is 43.2 Å². The number of hydrogen-bond acceptors (Lipinski definition) is 4. The highest BCUT2D eigenvalue weighted by Crippen LogP contribution is 2.31. The Labute approximate surface area is 133 Å². The third-order valence-corrected chi connectivity index (χ3v) is 5.33. The highest BCUT2D eigenvalue weighted by molar-refractivity contribution is 9.11. The van der Waals surface area contributed by atoms with E-state index in [4.69, 9.17) is 10.6 Å². The zero-order chi connectivity index (χ0) is 13.8. The van der Waals surface area contributed by atoms with Crippen molar-refractivity contribution in [2.24, 2.45) is 5.84 Å². The summed E-state index contributed by atoms with van der Waals surface area (Å²) in [6.07, 6.45) is 0.793. The Hall–Kier alpha value is -0.400. The highest BCUT2D eigenvalue weighted by Gasteiger charge is 2.15. The Morgan fingerprint density at radius 2 is 2.11 bits per heavy atom. The number of methoxy groups -OCH3 is 1. The molecule has 0 saturated carbocycles. The molecule has 0 bridgehead atoms. The normalized spacial score (nSPS) is 12.4. The number of halogens is 2. The summed E-state index contributed by atoms with van der Waals surface area (Å²) in [5.41, 5.74) is 4.03. The van der Waals surface area contributed by atoms with Crippen LogP contribution in [0.25, 0.3) is 0 Å². The molecule has 2 aromatic rings. The van der Waals surface area contributed by atoms with Crippen LogP contribution in [0.5, 0.6) is 5.75 Å². The number of rotatable bonds is 5. The van der Waals surface area contributed by atoms with Crippen LogP contribution in [0.3, 0.4) is 0 Å². The summed E-state index contributed by atoms with van der Waals surface area (Å²) in [5, 5.41) is 0. The fourth-order valence-electron chi connectivity index (χ4n) is 1.81. The van der Waals surface area contributed by atoms with Crippen LogP contribution >= 0.6 is 43.2 Å². The van der Waals surface area contributed by atoms with Gasteiger partial charge in [-0.05, 0) is 58.2 Å². The van der Waals surface area contributed by atoms with Crippen LogP contribution in [0.2, 0.25) is 0 Å². The molecule has 3 N–H and O–H groups in total. The quantitative estimate of drug-likeness (QED) is 0.583. The third kappa shape index (κ3) is 3.79. The van der Waals surface area contributed by atoms with Gasteiger partial charge in [0.05, 0.1) is 16.9 Å². The minimum absolute atomic E-state index is 0.0831. The third-order valence-electron chi connectivity index (χ3n) is 2.82. The van der Waals surface area contributed by atoms with E-state index in [0.717, 1.165) is 26.0 Å². The second kappa shape index (κ2) is 6.85. The maximum Gasteiger partial charge on any atom is 0.119 e. The molecule has 3 nitrogen and oxygen atoms in total. The van der Waals surface area contributed by atoms with E-state index in [9.17, 15) is 0 Å². The van der Waals surface area contributed by atoms with Crippen molar-refractivity contribution in [3.63, 3.8) is 0 Å². The van der Waals surface area contributed by atoms with Gasteiger partial charge in [0.15, 0.2) is 0 Å². The van der Waals surface area contributed by atoms with Gasteiger partial charge in [0, 0.05) is 9.35 Å². The SMILES string of the molecule is COc1ccc(Br)c(CC(NN)c2ccc(Br)s2)c1. The molecule has 0 spiro atoms. The lowest BCUT2D eigenvalue weighted by atomic mass is 10.0. The van der Waals surface area contributed by atoms with E-state index in [1.807, 2.05) is 24.3 Å². The van der Waals surface area contributed by atoms with Crippen molar-refractivity contribution in [3.8, 4) is 5.75 Å². The van der Waals surface area contributed by atoms with Gasteiger partial charge < -0.3 is 4.74 Å². The lowest BCUT2D eigenvalue weighted by Gasteiger charge is -2.16. The van der Waals surface area contributed by atoms with Crippen molar-refractivity contribution in [1.82, 2.24) is 5.43 Å². The molecule has 1 aromatic carbocycles. The van der Waals surface area contributed by atoms with E-state index < -0.39 is 0 Å². The van der Waals surface area contributed by atoms with Gasteiger partial charge in [-0.1, -0.05) is 15.9 Å². The molecule has 6 heteroatoms. The van der Waals surface area contributed by atoms with E-state index >= 15 is 0 Å². The van der Waals surface area contributed by atoms with Crippen LogP contribution < -0.4 is 16.0 Å². The second-order valence-electron chi connectivity index (χ2n) is 4.02. The van der Waals surface area contributed by atoms with Gasteiger partial charge in [0.2, 0.25) is 0 Å². The lowest BCUT2D eigenvalue weighted by molar-refractivity contribution is 0.413. The summed E-state index contributed by atoms with van der Waals surface area (Å²) in [5.74, 6) is 6.53. The van der Waals surface area contributed by atoms with Gasteiger partial charge in [0.1, 0.15) is 5.75 Å². The van der Waals surface area contributed by atoms with Crippen molar-refractivity contribution in [1.29, 1.82) is 0 Å². The Bertz CT molecular complexity index is 559. The molecule has 0 aliphatic rings. The molecular formula is C13H14Br2N2OS. The molecule has 0 aliphatic heterocycles. The second-order valence-corrected chi connectivity index (χ2v) is 7.37. The predicted molar refractivity (Wildman–Crippen MR) is 86.5 cm³/mol. The highest BCUT2D eigenvalue weighted by atomic mass is 79.9. The van der Waals surface area contributed by atoms with Gasteiger partial charge >= 0.3 is 0 Å². The van der Waals surface area contributed by atoms with Crippen molar-refractivity contribution < 1.29 is 4.74 Å². The summed E-state index contributed by atoms with van der Waals surface area (Å²) in [6, 6.07) is 10.1. The van der Waals surface area contributed by atoms with E-state index in [2.05, 4.69) is 43.4 Å². The molecule has 0 amide bonds. The number of hydrogen-bond donors (Lipinski definition) is 2. The summed E-state index contributed by atoms with van der Waals surface area (Å²) in [6.45, 7) is 0.